The van der Waals surface area contributed by atoms with Crippen molar-refractivity contribution in [2.45, 2.75) is 25.4 Å². The predicted molar refractivity (Wildman–Crippen MR) is 112 cm³/mol. The summed E-state index contributed by atoms with van der Waals surface area (Å²) >= 11 is 0. The molecule has 30 heavy (non-hydrogen) atoms. The standard InChI is InChI=1S/C22H23FN4O3/c1-25(19-10-12-26(13-11-19)20-8-4-17(23)5-9-20)14-18-15-30-22(24-18)16-2-6-21(7-3-16)27(28)29/h2-9,15,19H,10-14H2,1H3. The molecule has 3 aromatic rings. The highest BCUT2D eigenvalue weighted by Gasteiger charge is 2.23. The minimum absolute atomic E-state index is 0.0391. The fourth-order valence-corrected chi connectivity index (χ4v) is 3.84. The fourth-order valence-electron chi connectivity index (χ4n) is 3.84. The Morgan fingerprint density at radius 2 is 1.83 bits per heavy atom. The Balaban J connectivity index is 1.33. The summed E-state index contributed by atoms with van der Waals surface area (Å²) in [5.41, 5.74) is 2.63. The largest absolute Gasteiger partial charge is 0.444 e. The second kappa shape index (κ2) is 8.62. The van der Waals surface area contributed by atoms with Gasteiger partial charge in [0.05, 0.1) is 10.6 Å². The average Bonchev–Trinajstić information content (AvgIpc) is 3.23. The number of nitro groups is 1. The first-order chi connectivity index (χ1) is 14.5. The van der Waals surface area contributed by atoms with Crippen LogP contribution in [0.25, 0.3) is 11.5 Å². The lowest BCUT2D eigenvalue weighted by atomic mass is 10.0. The number of nitro benzene ring substituents is 1. The van der Waals surface area contributed by atoms with E-state index in [-0.39, 0.29) is 11.5 Å². The molecule has 0 unspecified atom stereocenters. The van der Waals surface area contributed by atoms with Crippen molar-refractivity contribution >= 4 is 11.4 Å². The van der Waals surface area contributed by atoms with Crippen molar-refractivity contribution in [1.82, 2.24) is 9.88 Å². The smallest absolute Gasteiger partial charge is 0.269 e. The molecule has 0 saturated carbocycles. The first-order valence-corrected chi connectivity index (χ1v) is 9.89. The maximum Gasteiger partial charge on any atom is 0.269 e. The van der Waals surface area contributed by atoms with Crippen LogP contribution in [0.2, 0.25) is 0 Å². The van der Waals surface area contributed by atoms with Crippen molar-refractivity contribution < 1.29 is 13.7 Å². The highest BCUT2D eigenvalue weighted by atomic mass is 19.1. The number of nitrogens with zero attached hydrogens (tertiary/aromatic N) is 4. The number of benzene rings is 2. The van der Waals surface area contributed by atoms with Crippen LogP contribution in [-0.2, 0) is 6.54 Å². The Kier molecular flexibility index (Phi) is 5.76. The zero-order chi connectivity index (χ0) is 21.1. The molecule has 0 amide bonds. The summed E-state index contributed by atoms with van der Waals surface area (Å²) in [6.07, 6.45) is 3.67. The third kappa shape index (κ3) is 4.49. The molecule has 0 aliphatic carbocycles. The SMILES string of the molecule is CN(Cc1coc(-c2ccc([N+](=O)[O-])cc2)n1)C1CCN(c2ccc(F)cc2)CC1. The molecule has 0 N–H and O–H groups in total. The van der Waals surface area contributed by atoms with Crippen LogP contribution >= 0.6 is 0 Å². The van der Waals surface area contributed by atoms with Gasteiger partial charge in [-0.3, -0.25) is 15.0 Å². The van der Waals surface area contributed by atoms with Crippen molar-refractivity contribution in [3.8, 4) is 11.5 Å². The van der Waals surface area contributed by atoms with Crippen LogP contribution in [0.5, 0.6) is 0 Å². The number of halogens is 1. The average molecular weight is 410 g/mol. The molecule has 156 valence electrons. The van der Waals surface area contributed by atoms with Gasteiger partial charge in [0, 0.05) is 49.1 Å². The molecular weight excluding hydrogens is 387 g/mol. The number of piperidine rings is 1. The van der Waals surface area contributed by atoms with E-state index in [4.69, 9.17) is 4.42 Å². The first kappa shape index (κ1) is 20.0. The molecule has 1 aliphatic rings. The van der Waals surface area contributed by atoms with E-state index < -0.39 is 4.92 Å². The van der Waals surface area contributed by atoms with E-state index in [2.05, 4.69) is 21.8 Å². The second-order valence-electron chi connectivity index (χ2n) is 7.56. The second-order valence-corrected chi connectivity index (χ2v) is 7.56. The first-order valence-electron chi connectivity index (χ1n) is 9.89. The van der Waals surface area contributed by atoms with E-state index in [1.807, 2.05) is 12.1 Å². The van der Waals surface area contributed by atoms with Gasteiger partial charge < -0.3 is 9.32 Å². The maximum atomic E-state index is 13.1. The molecule has 8 heteroatoms. The molecule has 2 aromatic carbocycles. The monoisotopic (exact) mass is 410 g/mol. The highest BCUT2D eigenvalue weighted by Crippen LogP contribution is 2.25. The molecule has 1 saturated heterocycles. The maximum absolute atomic E-state index is 13.1. The van der Waals surface area contributed by atoms with Crippen molar-refractivity contribution in [1.29, 1.82) is 0 Å². The molecule has 1 fully saturated rings. The quantitative estimate of drug-likeness (QED) is 0.440. The van der Waals surface area contributed by atoms with Gasteiger partial charge in [-0.25, -0.2) is 9.37 Å². The minimum Gasteiger partial charge on any atom is -0.444 e. The fraction of sp³-hybridized carbons (Fsp3) is 0.318. The third-order valence-corrected chi connectivity index (χ3v) is 5.57. The number of hydrogen-bond donors (Lipinski definition) is 0. The van der Waals surface area contributed by atoms with E-state index in [0.29, 0.717) is 24.0 Å². The topological polar surface area (TPSA) is 75.6 Å². The summed E-state index contributed by atoms with van der Waals surface area (Å²) in [7, 11) is 2.08. The molecule has 0 radical (unpaired) electrons. The molecule has 0 spiro atoms. The van der Waals surface area contributed by atoms with Gasteiger partial charge >= 0.3 is 0 Å². The Morgan fingerprint density at radius 1 is 1.17 bits per heavy atom. The molecule has 1 aliphatic heterocycles. The summed E-state index contributed by atoms with van der Waals surface area (Å²) in [6, 6.07) is 13.3. The van der Waals surface area contributed by atoms with Crippen molar-refractivity contribution in [2.24, 2.45) is 0 Å². The Bertz CT molecular complexity index is 996. The lowest BCUT2D eigenvalue weighted by molar-refractivity contribution is -0.384. The minimum atomic E-state index is -0.429. The van der Waals surface area contributed by atoms with Gasteiger partial charge in [0.1, 0.15) is 12.1 Å². The van der Waals surface area contributed by atoms with Gasteiger partial charge in [0.2, 0.25) is 5.89 Å². The lowest BCUT2D eigenvalue weighted by Crippen LogP contribution is -2.43. The molecular formula is C22H23FN4O3. The highest BCUT2D eigenvalue weighted by molar-refractivity contribution is 5.55. The Hall–Kier alpha value is -3.26. The van der Waals surface area contributed by atoms with E-state index in [9.17, 15) is 14.5 Å². The number of aromatic nitrogens is 1. The Morgan fingerprint density at radius 3 is 2.47 bits per heavy atom. The van der Waals surface area contributed by atoms with Gasteiger partial charge in [-0.15, -0.1) is 0 Å². The van der Waals surface area contributed by atoms with Gasteiger partial charge in [0.15, 0.2) is 0 Å². The van der Waals surface area contributed by atoms with Gasteiger partial charge in [-0.1, -0.05) is 0 Å². The molecule has 1 aromatic heterocycles. The zero-order valence-electron chi connectivity index (χ0n) is 16.7. The summed E-state index contributed by atoms with van der Waals surface area (Å²) in [6.45, 7) is 2.51. The molecule has 2 heterocycles. The predicted octanol–water partition coefficient (Wildman–Crippen LogP) is 4.49. The van der Waals surface area contributed by atoms with Crippen LogP contribution in [0.4, 0.5) is 15.8 Å². The van der Waals surface area contributed by atoms with Crippen LogP contribution < -0.4 is 4.90 Å². The summed E-state index contributed by atoms with van der Waals surface area (Å²) in [4.78, 5) is 19.5. The van der Waals surface area contributed by atoms with Crippen molar-refractivity contribution in [3.63, 3.8) is 0 Å². The molecule has 4 rings (SSSR count). The van der Waals surface area contributed by atoms with Gasteiger partial charge in [-0.05, 0) is 56.3 Å². The summed E-state index contributed by atoms with van der Waals surface area (Å²) < 4.78 is 18.7. The van der Waals surface area contributed by atoms with E-state index >= 15 is 0 Å². The summed E-state index contributed by atoms with van der Waals surface area (Å²) in [5.74, 6) is 0.244. The number of oxazole rings is 1. The van der Waals surface area contributed by atoms with Crippen LogP contribution in [-0.4, -0.2) is 41.0 Å². The van der Waals surface area contributed by atoms with E-state index in [1.54, 1.807) is 18.4 Å². The van der Waals surface area contributed by atoms with Crippen molar-refractivity contribution in [2.75, 3.05) is 25.0 Å². The van der Waals surface area contributed by atoms with Gasteiger partial charge in [0.25, 0.3) is 5.69 Å². The number of hydrogen-bond acceptors (Lipinski definition) is 6. The number of rotatable bonds is 6. The Labute approximate surface area is 173 Å². The normalized spacial score (nSPS) is 15.0. The van der Waals surface area contributed by atoms with E-state index in [0.717, 1.165) is 37.3 Å². The lowest BCUT2D eigenvalue weighted by Gasteiger charge is -2.37. The number of non-ortho nitro benzene ring substituents is 1. The van der Waals surface area contributed by atoms with Crippen LogP contribution in [0.1, 0.15) is 18.5 Å². The van der Waals surface area contributed by atoms with Crippen molar-refractivity contribution in [3.05, 3.63) is 76.4 Å². The van der Waals surface area contributed by atoms with Crippen LogP contribution in [0.3, 0.4) is 0 Å². The van der Waals surface area contributed by atoms with Crippen LogP contribution in [0.15, 0.2) is 59.2 Å². The van der Waals surface area contributed by atoms with E-state index in [1.165, 1.54) is 24.3 Å². The van der Waals surface area contributed by atoms with Gasteiger partial charge in [-0.2, -0.15) is 0 Å². The zero-order valence-corrected chi connectivity index (χ0v) is 16.7. The summed E-state index contributed by atoms with van der Waals surface area (Å²) in [5, 5.41) is 10.8. The number of anilines is 1. The van der Waals surface area contributed by atoms with Crippen LogP contribution in [0, 0.1) is 15.9 Å². The molecule has 0 atom stereocenters. The molecule has 0 bridgehead atoms. The third-order valence-electron chi connectivity index (χ3n) is 5.57. The molecule has 7 nitrogen and oxygen atoms in total.